The first kappa shape index (κ1) is 16.4. The van der Waals surface area contributed by atoms with Gasteiger partial charge in [0.15, 0.2) is 0 Å². The number of anilines is 2. The van der Waals surface area contributed by atoms with Crippen LogP contribution in [0.15, 0.2) is 18.3 Å². The van der Waals surface area contributed by atoms with Crippen LogP contribution in [0.4, 0.5) is 20.3 Å². The fraction of sp³-hybridized carbons (Fsp3) is 0.667. The lowest BCUT2D eigenvalue weighted by atomic mass is 9.66. The highest BCUT2D eigenvalue weighted by molar-refractivity contribution is 7.93. The van der Waals surface area contributed by atoms with Crippen LogP contribution in [0.1, 0.15) is 32.1 Å². The van der Waals surface area contributed by atoms with E-state index in [1.807, 2.05) is 0 Å². The van der Waals surface area contributed by atoms with Crippen LogP contribution in [0.25, 0.3) is 0 Å². The second-order valence-corrected chi connectivity index (χ2v) is 8.46. The van der Waals surface area contributed by atoms with Gasteiger partial charge in [0.05, 0.1) is 17.6 Å². The van der Waals surface area contributed by atoms with Crippen LogP contribution in [0.2, 0.25) is 0 Å². The molecule has 8 heteroatoms. The molecule has 0 amide bonds. The molecule has 128 valence electrons. The first-order valence-corrected chi connectivity index (χ1v) is 9.50. The molecule has 1 saturated carbocycles. The molecule has 2 aliphatic rings. The maximum Gasteiger partial charge on any atom is 0.239 e. The molecule has 0 spiro atoms. The van der Waals surface area contributed by atoms with Crippen LogP contribution in [-0.4, -0.2) is 38.7 Å². The summed E-state index contributed by atoms with van der Waals surface area (Å²) in [6.45, 7) is 0.958. The highest BCUT2D eigenvalue weighted by Crippen LogP contribution is 2.45. The van der Waals surface area contributed by atoms with Gasteiger partial charge in [0.25, 0.3) is 0 Å². The van der Waals surface area contributed by atoms with Crippen LogP contribution in [0.5, 0.6) is 0 Å². The second kappa shape index (κ2) is 6.22. The number of nitrogens with zero attached hydrogens (tertiary/aromatic N) is 2. The molecule has 23 heavy (non-hydrogen) atoms. The van der Waals surface area contributed by atoms with E-state index < -0.39 is 16.4 Å². The van der Waals surface area contributed by atoms with Gasteiger partial charge in [-0.2, -0.15) is 0 Å². The molecule has 1 N–H and O–H groups in total. The fourth-order valence-electron chi connectivity index (χ4n) is 3.30. The Bertz CT molecular complexity index is 645. The Morgan fingerprint density at radius 1 is 1.30 bits per heavy atom. The van der Waals surface area contributed by atoms with Gasteiger partial charge < -0.3 is 5.32 Å². The highest BCUT2D eigenvalue weighted by Gasteiger charge is 2.39. The third-order valence-corrected chi connectivity index (χ3v) is 6.65. The molecule has 2 heterocycles. The Morgan fingerprint density at radius 2 is 2.09 bits per heavy atom. The largest absolute Gasteiger partial charge is 0.370 e. The van der Waals surface area contributed by atoms with Crippen LogP contribution in [0, 0.1) is 5.41 Å². The molecule has 1 saturated heterocycles. The number of alkyl halides is 2. The Kier molecular flexibility index (Phi) is 4.44. The van der Waals surface area contributed by atoms with Gasteiger partial charge in [0.1, 0.15) is 5.82 Å². The summed E-state index contributed by atoms with van der Waals surface area (Å²) in [6.07, 6.45) is 2.40. The summed E-state index contributed by atoms with van der Waals surface area (Å²) >= 11 is 0. The molecule has 3 rings (SSSR count). The van der Waals surface area contributed by atoms with Crippen molar-refractivity contribution in [3.05, 3.63) is 18.3 Å². The number of hydrogen-bond donors (Lipinski definition) is 1. The predicted octanol–water partition coefficient (Wildman–Crippen LogP) is 2.86. The Balaban J connectivity index is 1.62. The van der Waals surface area contributed by atoms with Crippen molar-refractivity contribution in [3.63, 3.8) is 0 Å². The quantitative estimate of drug-likeness (QED) is 0.861. The third-order valence-electron chi connectivity index (χ3n) is 4.78. The predicted molar refractivity (Wildman–Crippen MR) is 85.4 cm³/mol. The Morgan fingerprint density at radius 3 is 2.57 bits per heavy atom. The minimum atomic E-state index is -3.21. The molecular weight excluding hydrogens is 324 g/mol. The minimum Gasteiger partial charge on any atom is -0.370 e. The topological polar surface area (TPSA) is 62.3 Å². The van der Waals surface area contributed by atoms with Crippen LogP contribution in [0.3, 0.4) is 0 Å². The van der Waals surface area contributed by atoms with E-state index in [1.54, 1.807) is 12.1 Å². The lowest BCUT2D eigenvalue weighted by Gasteiger charge is -2.42. The second-order valence-electron chi connectivity index (χ2n) is 6.45. The maximum absolute atomic E-state index is 12.7. The molecule has 2 fully saturated rings. The maximum atomic E-state index is 12.7. The molecular formula is C15H21F2N3O2S. The smallest absolute Gasteiger partial charge is 0.239 e. The zero-order valence-corrected chi connectivity index (χ0v) is 13.7. The van der Waals surface area contributed by atoms with Gasteiger partial charge in [-0.05, 0) is 36.8 Å². The van der Waals surface area contributed by atoms with Crippen molar-refractivity contribution in [3.8, 4) is 0 Å². The third kappa shape index (κ3) is 3.57. The van der Waals surface area contributed by atoms with Gasteiger partial charge in [-0.3, -0.25) is 4.31 Å². The molecule has 1 aromatic rings. The molecule has 1 aliphatic heterocycles. The van der Waals surface area contributed by atoms with Crippen molar-refractivity contribution >= 4 is 21.5 Å². The summed E-state index contributed by atoms with van der Waals surface area (Å²) in [5, 5.41) is 3.12. The first-order chi connectivity index (χ1) is 10.9. The summed E-state index contributed by atoms with van der Waals surface area (Å²) in [6, 6.07) is 3.41. The molecule has 0 radical (unpaired) electrons. The fourth-order valence-corrected chi connectivity index (χ4v) is 4.85. The van der Waals surface area contributed by atoms with Crippen molar-refractivity contribution in [2.24, 2.45) is 5.41 Å². The summed E-state index contributed by atoms with van der Waals surface area (Å²) in [5.41, 5.74) is 0.228. The van der Waals surface area contributed by atoms with Gasteiger partial charge >= 0.3 is 0 Å². The minimum absolute atomic E-state index is 0.0793. The number of hydrogen-bond acceptors (Lipinski definition) is 4. The van der Waals surface area contributed by atoms with E-state index in [0.29, 0.717) is 31.0 Å². The van der Waals surface area contributed by atoms with Crippen LogP contribution in [-0.2, 0) is 10.0 Å². The Labute approximate surface area is 135 Å². The van der Waals surface area contributed by atoms with E-state index >= 15 is 0 Å². The highest BCUT2D eigenvalue weighted by atomic mass is 32.2. The van der Waals surface area contributed by atoms with Gasteiger partial charge in [0.2, 0.25) is 16.4 Å². The Hall–Kier alpha value is -1.44. The summed E-state index contributed by atoms with van der Waals surface area (Å²) in [5.74, 6) is 0.759. The van der Waals surface area contributed by atoms with E-state index in [9.17, 15) is 17.2 Å². The van der Waals surface area contributed by atoms with E-state index in [2.05, 4.69) is 10.3 Å². The van der Waals surface area contributed by atoms with E-state index in [0.717, 1.165) is 19.3 Å². The van der Waals surface area contributed by atoms with E-state index in [1.165, 1.54) is 10.5 Å². The number of sulfonamides is 1. The lowest BCUT2D eigenvalue weighted by molar-refractivity contribution is 0.0318. The number of rotatable bonds is 6. The van der Waals surface area contributed by atoms with E-state index in [-0.39, 0.29) is 17.6 Å². The van der Waals surface area contributed by atoms with Crippen LogP contribution >= 0.6 is 0 Å². The van der Waals surface area contributed by atoms with Gasteiger partial charge in [-0.1, -0.05) is 6.42 Å². The number of aromatic nitrogens is 1. The summed E-state index contributed by atoms with van der Waals surface area (Å²) in [4.78, 5) is 4.22. The zero-order chi connectivity index (χ0) is 16.5. The zero-order valence-electron chi connectivity index (χ0n) is 12.8. The van der Waals surface area contributed by atoms with Crippen molar-refractivity contribution in [2.45, 2.75) is 38.5 Å². The molecule has 0 unspecified atom stereocenters. The number of halogens is 2. The molecule has 5 nitrogen and oxygen atoms in total. The van der Waals surface area contributed by atoms with Crippen molar-refractivity contribution in [2.75, 3.05) is 28.5 Å². The normalized spacial score (nSPS) is 22.1. The molecule has 0 aromatic carbocycles. The summed E-state index contributed by atoms with van der Waals surface area (Å²) in [7, 11) is -3.21. The molecule has 1 aromatic heterocycles. The van der Waals surface area contributed by atoms with Crippen molar-refractivity contribution in [1.82, 2.24) is 4.98 Å². The van der Waals surface area contributed by atoms with E-state index in [4.69, 9.17) is 0 Å². The SMILES string of the molecule is O=S1(=O)CCCN1c1ccc(NCC2(CC(F)F)CCC2)nc1. The molecule has 0 bridgehead atoms. The number of pyridine rings is 1. The first-order valence-electron chi connectivity index (χ1n) is 7.89. The van der Waals surface area contributed by atoms with Gasteiger partial charge in [-0.25, -0.2) is 22.2 Å². The van der Waals surface area contributed by atoms with Gasteiger partial charge in [-0.15, -0.1) is 0 Å². The van der Waals surface area contributed by atoms with Crippen molar-refractivity contribution < 1.29 is 17.2 Å². The lowest BCUT2D eigenvalue weighted by Crippen LogP contribution is -2.38. The van der Waals surface area contributed by atoms with Crippen molar-refractivity contribution in [1.29, 1.82) is 0 Å². The standard InChI is InChI=1S/C15H21F2N3O2S/c16-13(17)9-15(5-1-6-15)11-19-14-4-3-12(10-18-14)20-7-2-8-23(20,21)22/h3-4,10,13H,1-2,5-9,11H2,(H,18,19). The monoisotopic (exact) mass is 345 g/mol. The molecule has 1 aliphatic carbocycles. The summed E-state index contributed by atoms with van der Waals surface area (Å²) < 4.78 is 50.4. The average molecular weight is 345 g/mol. The average Bonchev–Trinajstić information content (AvgIpc) is 2.81. The van der Waals surface area contributed by atoms with Crippen LogP contribution < -0.4 is 9.62 Å². The number of nitrogens with one attached hydrogen (secondary N) is 1. The molecule has 0 atom stereocenters. The van der Waals surface area contributed by atoms with Gasteiger partial charge in [0, 0.05) is 19.5 Å².